The molecule has 0 spiro atoms. The molecular weight excluding hydrogens is 448 g/mol. The Balaban J connectivity index is 0.000000575. The molecule has 4 aromatic carbocycles. The maximum absolute atomic E-state index is 2.39. The predicted molar refractivity (Wildman–Crippen MR) is 123 cm³/mol. The first-order valence-electron chi connectivity index (χ1n) is 10.5. The maximum Gasteiger partial charge on any atom is 0 e. The van der Waals surface area contributed by atoms with Crippen molar-refractivity contribution < 1.29 is 34.1 Å². The van der Waals surface area contributed by atoms with Crippen molar-refractivity contribution in [2.45, 2.75) is 51.4 Å². The summed E-state index contributed by atoms with van der Waals surface area (Å²) in [5.41, 5.74) is 3.12. The van der Waals surface area contributed by atoms with Crippen LogP contribution >= 0.6 is 0 Å². The Bertz CT molecular complexity index is 665. The Labute approximate surface area is 205 Å². The molecule has 0 aromatic heterocycles. The van der Waals surface area contributed by atoms with Crippen molar-refractivity contribution in [3.63, 3.8) is 0 Å². The van der Waals surface area contributed by atoms with Gasteiger partial charge in [0, 0.05) is 34.1 Å². The fourth-order valence-corrected chi connectivity index (χ4v) is 3.49. The molecule has 30 heavy (non-hydrogen) atoms. The fourth-order valence-electron chi connectivity index (χ4n) is 3.49. The van der Waals surface area contributed by atoms with Gasteiger partial charge in [-0.1, -0.05) is 51.4 Å². The number of rotatable bonds is 7. The molecule has 0 amide bonds. The first-order valence-corrected chi connectivity index (χ1v) is 10.5. The second-order valence-electron chi connectivity index (χ2n) is 7.41. The molecule has 0 aliphatic heterocycles. The van der Waals surface area contributed by atoms with E-state index in [9.17, 15) is 0 Å². The van der Waals surface area contributed by atoms with E-state index in [0.29, 0.717) is 0 Å². The first-order chi connectivity index (χ1) is 13.8. The van der Waals surface area contributed by atoms with Gasteiger partial charge in [-0.05, 0) is 0 Å². The Morgan fingerprint density at radius 1 is 0.633 bits per heavy atom. The standard InChI is InChI=1S/C18H24.2C5H5.2Fe/c1-3-4-5-10-15-18(2,16-11-6-7-12-16)17-13-8-9-14-17;2*1-2-4-5-3-1;;/h6-9,11-14H,3-5,10,15H2,1-2H3;2*1-5H;;/q-2;-5;-1;;. The molecule has 0 atom stereocenters. The van der Waals surface area contributed by atoms with Crippen molar-refractivity contribution in [1.82, 2.24) is 0 Å². The number of hydrogen-bond acceptors (Lipinski definition) is 0. The second kappa shape index (κ2) is 17.2. The van der Waals surface area contributed by atoms with Crippen LogP contribution in [0, 0.1) is 0 Å². The summed E-state index contributed by atoms with van der Waals surface area (Å²) >= 11 is 0. The first kappa shape index (κ1) is 28.4. The molecule has 0 unspecified atom stereocenters. The van der Waals surface area contributed by atoms with Crippen LogP contribution in [0.25, 0.3) is 0 Å². The SMILES string of the molecule is CCCCCCC(C)([c-]1cccc1)[c-]1cccc1.[Fe].[Fe].[cH-]1[cH-][cH-][cH-][cH-]1.c1cc[cH-]c1. The summed E-state index contributed by atoms with van der Waals surface area (Å²) in [6.07, 6.45) is 6.59. The zero-order valence-electron chi connectivity index (χ0n) is 18.1. The van der Waals surface area contributed by atoms with Crippen LogP contribution in [0.5, 0.6) is 0 Å². The van der Waals surface area contributed by atoms with Gasteiger partial charge < -0.3 is 30.3 Å². The quantitative estimate of drug-likeness (QED) is 0.142. The largest absolute Gasteiger partial charge is 0.748 e. The van der Waals surface area contributed by atoms with Gasteiger partial charge in [-0.2, -0.15) is 53.6 Å². The van der Waals surface area contributed by atoms with Crippen molar-refractivity contribution in [2.24, 2.45) is 0 Å². The van der Waals surface area contributed by atoms with Gasteiger partial charge >= 0.3 is 0 Å². The zero-order valence-corrected chi connectivity index (χ0v) is 20.3. The summed E-state index contributed by atoms with van der Waals surface area (Å²) in [6, 6.07) is 37.7. The summed E-state index contributed by atoms with van der Waals surface area (Å²) in [6.45, 7) is 4.66. The van der Waals surface area contributed by atoms with E-state index in [1.165, 1.54) is 43.2 Å². The van der Waals surface area contributed by atoms with Crippen LogP contribution in [0.3, 0.4) is 0 Å². The van der Waals surface area contributed by atoms with Gasteiger partial charge in [-0.25, -0.2) is 36.4 Å². The second-order valence-corrected chi connectivity index (χ2v) is 7.41. The minimum absolute atomic E-state index is 0. The Morgan fingerprint density at radius 3 is 1.40 bits per heavy atom. The van der Waals surface area contributed by atoms with E-state index in [0.717, 1.165) is 0 Å². The molecule has 0 heterocycles. The molecule has 0 N–H and O–H groups in total. The molecule has 0 saturated carbocycles. The van der Waals surface area contributed by atoms with Crippen LogP contribution in [0.4, 0.5) is 0 Å². The van der Waals surface area contributed by atoms with Crippen LogP contribution in [-0.2, 0) is 39.6 Å². The smallest absolute Gasteiger partial charge is 0 e. The minimum atomic E-state index is 0. The van der Waals surface area contributed by atoms with Gasteiger partial charge in [-0.3, -0.25) is 0 Å². The number of hydrogen-bond donors (Lipinski definition) is 0. The maximum atomic E-state index is 2.39. The van der Waals surface area contributed by atoms with Crippen LogP contribution in [-0.4, -0.2) is 0 Å². The van der Waals surface area contributed by atoms with Gasteiger partial charge in [-0.15, -0.1) is 0 Å². The van der Waals surface area contributed by atoms with E-state index in [-0.39, 0.29) is 39.6 Å². The molecule has 4 rings (SSSR count). The average Bonchev–Trinajstić information content (AvgIpc) is 3.56. The van der Waals surface area contributed by atoms with Crippen LogP contribution in [0.2, 0.25) is 0 Å². The molecule has 0 nitrogen and oxygen atoms in total. The molecular formula is C28H34Fe2-8. The van der Waals surface area contributed by atoms with E-state index in [1.807, 2.05) is 60.7 Å². The van der Waals surface area contributed by atoms with Crippen molar-refractivity contribution in [1.29, 1.82) is 0 Å². The van der Waals surface area contributed by atoms with E-state index < -0.39 is 0 Å². The van der Waals surface area contributed by atoms with Crippen LogP contribution < -0.4 is 0 Å². The van der Waals surface area contributed by atoms with Crippen LogP contribution in [0.1, 0.15) is 57.1 Å². The minimum Gasteiger partial charge on any atom is -0.748 e. The topological polar surface area (TPSA) is 0 Å². The van der Waals surface area contributed by atoms with Gasteiger partial charge in [0.25, 0.3) is 0 Å². The van der Waals surface area contributed by atoms with Crippen molar-refractivity contribution in [3.05, 3.63) is 120 Å². The Hall–Kier alpha value is -1.56. The van der Waals surface area contributed by atoms with Gasteiger partial charge in [0.2, 0.25) is 0 Å². The molecule has 170 valence electrons. The molecule has 0 aliphatic carbocycles. The third kappa shape index (κ3) is 9.96. The molecule has 0 saturated heterocycles. The third-order valence-electron chi connectivity index (χ3n) is 5.24. The normalized spacial score (nSPS) is 9.80. The fraction of sp³-hybridized carbons (Fsp3) is 0.286. The molecule has 0 aliphatic rings. The van der Waals surface area contributed by atoms with E-state index in [2.05, 4.69) is 62.4 Å². The van der Waals surface area contributed by atoms with Crippen molar-refractivity contribution in [3.8, 4) is 0 Å². The van der Waals surface area contributed by atoms with E-state index in [1.54, 1.807) is 0 Å². The predicted octanol–water partition coefficient (Wildman–Crippen LogP) is 8.21. The summed E-state index contributed by atoms with van der Waals surface area (Å²) in [5.74, 6) is 0. The summed E-state index contributed by atoms with van der Waals surface area (Å²) < 4.78 is 0. The van der Waals surface area contributed by atoms with Crippen LogP contribution in [0.15, 0.2) is 109 Å². The molecule has 4 aromatic rings. The van der Waals surface area contributed by atoms with Gasteiger partial charge in [0.05, 0.1) is 0 Å². The monoisotopic (exact) mass is 482 g/mol. The zero-order chi connectivity index (χ0) is 19.9. The third-order valence-corrected chi connectivity index (χ3v) is 5.24. The molecule has 0 radical (unpaired) electrons. The van der Waals surface area contributed by atoms with E-state index in [4.69, 9.17) is 0 Å². The molecule has 2 heteroatoms. The summed E-state index contributed by atoms with van der Waals surface area (Å²) in [7, 11) is 0. The number of unbranched alkanes of at least 4 members (excludes halogenated alkanes) is 3. The van der Waals surface area contributed by atoms with Gasteiger partial charge in [0.15, 0.2) is 0 Å². The molecule has 0 bridgehead atoms. The van der Waals surface area contributed by atoms with Gasteiger partial charge in [0.1, 0.15) is 0 Å². The van der Waals surface area contributed by atoms with Crippen molar-refractivity contribution >= 4 is 0 Å². The summed E-state index contributed by atoms with van der Waals surface area (Å²) in [4.78, 5) is 0. The Morgan fingerprint density at radius 2 is 1.07 bits per heavy atom. The van der Waals surface area contributed by atoms with E-state index >= 15 is 0 Å². The average molecular weight is 482 g/mol. The van der Waals surface area contributed by atoms with Crippen molar-refractivity contribution in [2.75, 3.05) is 0 Å². The molecule has 0 fully saturated rings. The summed E-state index contributed by atoms with van der Waals surface area (Å²) in [5, 5.41) is 0. The Kier molecular flexibility index (Phi) is 16.3.